The van der Waals surface area contributed by atoms with E-state index < -0.39 is 18.0 Å². The number of rotatable bonds is 5. The molecule has 1 unspecified atom stereocenters. The number of carboxylic acid groups (broad SMARTS) is 1. The Balaban J connectivity index is 3.66. The summed E-state index contributed by atoms with van der Waals surface area (Å²) in [6, 6.07) is 0. The van der Waals surface area contributed by atoms with Crippen molar-refractivity contribution in [2.24, 2.45) is 11.5 Å². The third kappa shape index (κ3) is 3.72. The van der Waals surface area contributed by atoms with Gasteiger partial charge in [0.2, 0.25) is 0 Å². The third-order valence-electron chi connectivity index (χ3n) is 2.58. The Morgan fingerprint density at radius 1 is 1.10 bits per heavy atom. The van der Waals surface area contributed by atoms with E-state index >= 15 is 0 Å². The summed E-state index contributed by atoms with van der Waals surface area (Å²) in [6.45, 7) is 0.0481. The van der Waals surface area contributed by atoms with Gasteiger partial charge in [-0.1, -0.05) is 0 Å². The van der Waals surface area contributed by atoms with Crippen LogP contribution in [0.2, 0.25) is 0 Å². The fourth-order valence-corrected chi connectivity index (χ4v) is 6.22. The first-order chi connectivity index (χ1) is 9.22. The van der Waals surface area contributed by atoms with E-state index in [0.29, 0.717) is 16.3 Å². The maximum Gasteiger partial charge on any atom is 0.337 e. The average Bonchev–Trinajstić information content (AvgIpc) is 2.33. The van der Waals surface area contributed by atoms with Gasteiger partial charge in [-0.2, -0.15) is 0 Å². The molecule has 6 N–H and O–H groups in total. The van der Waals surface area contributed by atoms with E-state index in [-0.39, 0.29) is 24.1 Å². The molecule has 0 heterocycles. The smallest absolute Gasteiger partial charge is 0.337 e. The number of halogens is 3. The first-order valence-electron chi connectivity index (χ1n) is 5.32. The van der Waals surface area contributed by atoms with E-state index in [4.69, 9.17) is 11.5 Å². The number of benzene rings is 1. The molecule has 0 saturated carbocycles. The largest absolute Gasteiger partial charge is 0.478 e. The molecule has 0 aliphatic rings. The number of aliphatic hydroxyl groups excluding tert-OH is 1. The number of hydrogen-bond acceptors (Lipinski definition) is 4. The molecule has 1 aromatic carbocycles. The first-order valence-corrected chi connectivity index (χ1v) is 8.56. The first kappa shape index (κ1) is 18.3. The normalized spacial score (nSPS) is 12.2. The molecule has 0 radical (unpaired) electrons. The van der Waals surface area contributed by atoms with E-state index in [9.17, 15) is 19.8 Å². The van der Waals surface area contributed by atoms with Gasteiger partial charge in [-0.25, -0.2) is 4.79 Å². The van der Waals surface area contributed by atoms with Crippen molar-refractivity contribution in [3.8, 4) is 0 Å². The van der Waals surface area contributed by atoms with Crippen LogP contribution in [0.15, 0.2) is 0 Å². The molecular weight excluding hydrogens is 605 g/mol. The molecule has 1 rings (SSSR count). The predicted octanol–water partition coefficient (Wildman–Crippen LogP) is 1.16. The molecule has 0 saturated heterocycles. The van der Waals surface area contributed by atoms with Gasteiger partial charge in [-0.15, -0.1) is 0 Å². The minimum Gasteiger partial charge on any atom is -0.478 e. The van der Waals surface area contributed by atoms with Crippen LogP contribution in [0.3, 0.4) is 0 Å². The zero-order chi connectivity index (χ0) is 15.6. The molecule has 1 atom stereocenters. The number of nitrogens with two attached hydrogens (primary N) is 2. The Morgan fingerprint density at radius 2 is 1.60 bits per heavy atom. The van der Waals surface area contributed by atoms with Gasteiger partial charge in [0, 0.05) is 23.7 Å². The minimum absolute atomic E-state index is 0.0274. The van der Waals surface area contributed by atoms with E-state index in [1.807, 2.05) is 45.2 Å². The maximum absolute atomic E-state index is 11.6. The number of carboxylic acids is 1. The number of hydrogen-bond donors (Lipinski definition) is 4. The predicted molar refractivity (Wildman–Crippen MR) is 98.8 cm³/mol. The van der Waals surface area contributed by atoms with E-state index in [0.717, 1.165) is 0 Å². The van der Waals surface area contributed by atoms with Crippen molar-refractivity contribution < 1.29 is 19.8 Å². The van der Waals surface area contributed by atoms with E-state index in [1.54, 1.807) is 22.6 Å². The third-order valence-corrected chi connectivity index (χ3v) is 6.04. The molecular formula is C11H11I3N2O4. The molecule has 0 spiro atoms. The number of carbonyl (C=O) groups excluding carboxylic acids is 1. The van der Waals surface area contributed by atoms with Crippen molar-refractivity contribution in [3.05, 3.63) is 27.4 Å². The van der Waals surface area contributed by atoms with Crippen LogP contribution in [0.1, 0.15) is 26.3 Å². The molecule has 1 aromatic rings. The van der Waals surface area contributed by atoms with Gasteiger partial charge in [0.05, 0.1) is 17.2 Å². The molecule has 0 aliphatic carbocycles. The van der Waals surface area contributed by atoms with Crippen molar-refractivity contribution in [2.45, 2.75) is 12.5 Å². The van der Waals surface area contributed by atoms with Crippen molar-refractivity contribution in [3.63, 3.8) is 0 Å². The zero-order valence-electron chi connectivity index (χ0n) is 9.99. The van der Waals surface area contributed by atoms with Gasteiger partial charge in [0.1, 0.15) is 0 Å². The Bertz CT molecular complexity index is 536. The van der Waals surface area contributed by atoms with Gasteiger partial charge in [-0.3, -0.25) is 4.79 Å². The molecule has 0 bridgehead atoms. The summed E-state index contributed by atoms with van der Waals surface area (Å²) in [6.07, 6.45) is -0.635. The SMILES string of the molecule is NCC(O)Cc1c(I)c(C(N)=O)c(I)c(C(=O)O)c1I. The number of primary amides is 1. The lowest BCUT2D eigenvalue weighted by Crippen LogP contribution is -2.26. The summed E-state index contributed by atoms with van der Waals surface area (Å²) in [5.41, 5.74) is 11.5. The molecule has 0 aliphatic heterocycles. The maximum atomic E-state index is 11.6. The summed E-state index contributed by atoms with van der Waals surface area (Å²) in [7, 11) is 0. The van der Waals surface area contributed by atoms with Crippen molar-refractivity contribution in [2.75, 3.05) is 6.54 Å². The zero-order valence-corrected chi connectivity index (χ0v) is 16.5. The fraction of sp³-hybridized carbons (Fsp3) is 0.273. The second kappa shape index (κ2) is 7.51. The molecule has 1 amide bonds. The van der Waals surface area contributed by atoms with Crippen LogP contribution < -0.4 is 11.5 Å². The highest BCUT2D eigenvalue weighted by Gasteiger charge is 2.27. The summed E-state index contributed by atoms with van der Waals surface area (Å²) >= 11 is 5.65. The van der Waals surface area contributed by atoms with Gasteiger partial charge < -0.3 is 21.7 Å². The summed E-state index contributed by atoms with van der Waals surface area (Å²) in [5.74, 6) is -1.83. The number of carbonyl (C=O) groups is 2. The Hall–Kier alpha value is 0.270. The average molecular weight is 616 g/mol. The Kier molecular flexibility index (Phi) is 6.88. The monoisotopic (exact) mass is 616 g/mol. The van der Waals surface area contributed by atoms with Crippen LogP contribution >= 0.6 is 67.8 Å². The number of aliphatic hydroxyl groups is 1. The van der Waals surface area contributed by atoms with Gasteiger partial charge in [-0.05, 0) is 73.3 Å². The number of amides is 1. The van der Waals surface area contributed by atoms with Crippen LogP contribution in [-0.4, -0.2) is 34.7 Å². The second-order valence-electron chi connectivity index (χ2n) is 3.93. The van der Waals surface area contributed by atoms with Crippen molar-refractivity contribution in [1.29, 1.82) is 0 Å². The Labute approximate surface area is 156 Å². The summed E-state index contributed by atoms with van der Waals surface area (Å²) in [5, 5.41) is 19.0. The van der Waals surface area contributed by atoms with Gasteiger partial charge in [0.25, 0.3) is 5.91 Å². The molecule has 20 heavy (non-hydrogen) atoms. The highest BCUT2D eigenvalue weighted by atomic mass is 127. The van der Waals surface area contributed by atoms with Gasteiger partial charge in [0.15, 0.2) is 0 Å². The highest BCUT2D eigenvalue weighted by molar-refractivity contribution is 14.1. The van der Waals surface area contributed by atoms with Crippen LogP contribution in [0.5, 0.6) is 0 Å². The quantitative estimate of drug-likeness (QED) is 0.370. The molecule has 6 nitrogen and oxygen atoms in total. The second-order valence-corrected chi connectivity index (χ2v) is 7.17. The molecule has 110 valence electrons. The summed E-state index contributed by atoms with van der Waals surface area (Å²) < 4.78 is 1.35. The molecule has 0 aromatic heterocycles. The number of aromatic carboxylic acids is 1. The van der Waals surface area contributed by atoms with Gasteiger partial charge >= 0.3 is 5.97 Å². The fourth-order valence-electron chi connectivity index (χ4n) is 1.62. The lowest BCUT2D eigenvalue weighted by molar-refractivity contribution is 0.0694. The molecule has 0 fully saturated rings. The van der Waals surface area contributed by atoms with Crippen LogP contribution in [0.25, 0.3) is 0 Å². The minimum atomic E-state index is -1.14. The van der Waals surface area contributed by atoms with Crippen molar-refractivity contribution >= 4 is 79.6 Å². The van der Waals surface area contributed by atoms with Crippen LogP contribution in [0.4, 0.5) is 0 Å². The van der Waals surface area contributed by atoms with E-state index in [1.165, 1.54) is 0 Å². The van der Waals surface area contributed by atoms with E-state index in [2.05, 4.69) is 0 Å². The van der Waals surface area contributed by atoms with Crippen LogP contribution in [-0.2, 0) is 6.42 Å². The Morgan fingerprint density at radius 3 is 2.00 bits per heavy atom. The van der Waals surface area contributed by atoms with Crippen LogP contribution in [0, 0.1) is 10.7 Å². The lowest BCUT2D eigenvalue weighted by atomic mass is 10.0. The topological polar surface area (TPSA) is 127 Å². The summed E-state index contributed by atoms with van der Waals surface area (Å²) in [4.78, 5) is 23.0. The molecule has 9 heteroatoms. The van der Waals surface area contributed by atoms with Crippen molar-refractivity contribution in [1.82, 2.24) is 0 Å². The lowest BCUT2D eigenvalue weighted by Gasteiger charge is -2.17. The highest BCUT2D eigenvalue weighted by Crippen LogP contribution is 2.32. The standard InChI is InChI=1S/C11H11I3N2O4/c12-7-4(1-3(17)2-15)8(13)6(11(19)20)9(14)5(7)10(16)18/h3,17H,1-2,15H2,(H2,16,18)(H,19,20).